The average molecular weight is 459 g/mol. The lowest BCUT2D eigenvalue weighted by molar-refractivity contribution is -0.143. The highest BCUT2D eigenvalue weighted by atomic mass is 19.4. The molecule has 0 bridgehead atoms. The zero-order valence-electron chi connectivity index (χ0n) is 17.4. The molecule has 0 aliphatic heterocycles. The molecule has 0 saturated carbocycles. The Kier molecular flexibility index (Phi) is 7.48. The molecule has 1 aromatic carbocycles. The smallest absolute Gasteiger partial charge is 0.248 e. The number of benzene rings is 1. The van der Waals surface area contributed by atoms with E-state index in [1.807, 2.05) is 0 Å². The highest BCUT2D eigenvalue weighted by Gasteiger charge is 2.37. The van der Waals surface area contributed by atoms with Crippen LogP contribution in [0, 0.1) is 11.9 Å². The molecule has 0 fully saturated rings. The van der Waals surface area contributed by atoms with E-state index in [2.05, 4.69) is 16.7 Å². The summed E-state index contributed by atoms with van der Waals surface area (Å²) in [6, 6.07) is 4.03. The number of nitrogens with zero attached hydrogens (tertiary/aromatic N) is 3. The molecule has 0 radical (unpaired) electrons. The average Bonchev–Trinajstić information content (AvgIpc) is 2.68. The second-order valence-electron chi connectivity index (χ2n) is 7.18. The first-order chi connectivity index (χ1) is 14.7. The van der Waals surface area contributed by atoms with Gasteiger partial charge in [-0.1, -0.05) is 20.4 Å². The maximum Gasteiger partial charge on any atom is 0.416 e. The van der Waals surface area contributed by atoms with Gasteiger partial charge in [0, 0.05) is 24.7 Å². The Balaban J connectivity index is 2.61. The minimum absolute atomic E-state index is 0.0218. The summed E-state index contributed by atoms with van der Waals surface area (Å²) in [7, 11) is 0. The normalized spacial score (nSPS) is 13.5. The van der Waals surface area contributed by atoms with Crippen molar-refractivity contribution in [3.8, 4) is 0 Å². The summed E-state index contributed by atoms with van der Waals surface area (Å²) in [4.78, 5) is 3.45. The summed E-state index contributed by atoms with van der Waals surface area (Å²) in [5.41, 5.74) is -2.23. The molecule has 1 aromatic heterocycles. The Morgan fingerprint density at radius 3 is 2.00 bits per heavy atom. The van der Waals surface area contributed by atoms with Gasteiger partial charge >= 0.3 is 12.4 Å². The zero-order valence-corrected chi connectivity index (χ0v) is 17.4. The van der Waals surface area contributed by atoms with E-state index in [1.165, 1.54) is 30.7 Å². The highest BCUT2D eigenvalue weighted by Crippen LogP contribution is 2.37. The minimum Gasteiger partial charge on any atom is -0.248 e. The van der Waals surface area contributed by atoms with Crippen molar-refractivity contribution in [3.63, 3.8) is 0 Å². The van der Waals surface area contributed by atoms with Gasteiger partial charge in [0.2, 0.25) is 5.95 Å². The zero-order chi connectivity index (χ0) is 24.3. The van der Waals surface area contributed by atoms with E-state index in [1.54, 1.807) is 20.8 Å². The highest BCUT2D eigenvalue weighted by molar-refractivity contribution is 6.02. The Morgan fingerprint density at radius 1 is 1.00 bits per heavy atom. The molecule has 10 heteroatoms. The maximum absolute atomic E-state index is 13.4. The summed E-state index contributed by atoms with van der Waals surface area (Å²) in [6.07, 6.45) is -6.05. The van der Waals surface area contributed by atoms with Crippen LogP contribution in [0.2, 0.25) is 0 Å². The fraction of sp³-hybridized carbons (Fsp3) is 0.273. The lowest BCUT2D eigenvalue weighted by atomic mass is 9.95. The van der Waals surface area contributed by atoms with E-state index in [4.69, 9.17) is 0 Å². The molecule has 0 aliphatic carbocycles. The van der Waals surface area contributed by atoms with Gasteiger partial charge < -0.3 is 0 Å². The van der Waals surface area contributed by atoms with E-state index < -0.39 is 35.3 Å². The van der Waals surface area contributed by atoms with Gasteiger partial charge in [0.05, 0.1) is 16.8 Å². The quantitative estimate of drug-likeness (QED) is 0.199. The molecule has 3 nitrogen and oxygen atoms in total. The SMILES string of the molecule is C=CN(/C=C(\C)c1ccnc(F)c1)/N=C(/c1cc(C(F)(F)F)cc(C(F)(F)F)c1)C(C)C. The molecule has 2 aromatic rings. The lowest BCUT2D eigenvalue weighted by Gasteiger charge is -2.19. The fourth-order valence-electron chi connectivity index (χ4n) is 2.78. The predicted molar refractivity (Wildman–Crippen MR) is 108 cm³/mol. The number of aromatic nitrogens is 1. The van der Waals surface area contributed by atoms with Crippen molar-refractivity contribution in [2.24, 2.45) is 11.0 Å². The van der Waals surface area contributed by atoms with E-state index >= 15 is 0 Å². The van der Waals surface area contributed by atoms with Crippen LogP contribution in [0.25, 0.3) is 5.57 Å². The van der Waals surface area contributed by atoms with Crippen molar-refractivity contribution >= 4 is 11.3 Å². The number of pyridine rings is 1. The van der Waals surface area contributed by atoms with Crippen molar-refractivity contribution in [2.45, 2.75) is 33.1 Å². The molecule has 32 heavy (non-hydrogen) atoms. The largest absolute Gasteiger partial charge is 0.416 e. The number of halogens is 7. The van der Waals surface area contributed by atoms with Crippen molar-refractivity contribution in [3.05, 3.63) is 83.7 Å². The number of rotatable bonds is 6. The molecule has 0 saturated heterocycles. The number of hydrogen-bond donors (Lipinski definition) is 0. The summed E-state index contributed by atoms with van der Waals surface area (Å²) in [5, 5.41) is 5.36. The maximum atomic E-state index is 13.4. The molecule has 172 valence electrons. The first-order valence-corrected chi connectivity index (χ1v) is 9.32. The molecule has 0 amide bonds. The van der Waals surface area contributed by atoms with Gasteiger partial charge in [-0.15, -0.1) is 0 Å². The van der Waals surface area contributed by atoms with E-state index in [-0.39, 0.29) is 17.3 Å². The molecular formula is C22H20F7N3. The van der Waals surface area contributed by atoms with Crippen LogP contribution in [-0.4, -0.2) is 15.7 Å². The number of hydrazone groups is 1. The standard InChI is InChI=1S/C22H20F7N3/c1-5-32(12-14(4)15-6-7-30-19(23)10-15)31-20(13(2)3)16-8-17(21(24,25)26)11-18(9-16)22(27,28)29/h5-13H,1H2,2-4H3/b14-12+,31-20+. The van der Waals surface area contributed by atoms with Gasteiger partial charge in [-0.2, -0.15) is 35.8 Å². The monoisotopic (exact) mass is 459 g/mol. The Labute approximate surface area is 180 Å². The van der Waals surface area contributed by atoms with Gasteiger partial charge in [-0.25, -0.2) is 9.99 Å². The van der Waals surface area contributed by atoms with E-state index in [9.17, 15) is 30.7 Å². The summed E-state index contributed by atoms with van der Waals surface area (Å²) < 4.78 is 92.8. The second-order valence-corrected chi connectivity index (χ2v) is 7.18. The van der Waals surface area contributed by atoms with Crippen LogP contribution in [0.4, 0.5) is 30.7 Å². The van der Waals surface area contributed by atoms with Crippen LogP contribution in [0.1, 0.15) is 43.0 Å². The van der Waals surface area contributed by atoms with Crippen LogP contribution >= 0.6 is 0 Å². The molecule has 0 atom stereocenters. The Hall–Kier alpha value is -3.17. The predicted octanol–water partition coefficient (Wildman–Crippen LogP) is 7.12. The topological polar surface area (TPSA) is 28.5 Å². The number of hydrogen-bond acceptors (Lipinski definition) is 3. The lowest BCUT2D eigenvalue weighted by Crippen LogP contribution is -2.18. The van der Waals surface area contributed by atoms with Gasteiger partial charge in [-0.05, 0) is 53.8 Å². The third-order valence-corrected chi connectivity index (χ3v) is 4.35. The van der Waals surface area contributed by atoms with Gasteiger partial charge in [-0.3, -0.25) is 0 Å². The van der Waals surface area contributed by atoms with Crippen LogP contribution in [0.5, 0.6) is 0 Å². The molecule has 0 N–H and O–H groups in total. The third kappa shape index (κ3) is 6.41. The van der Waals surface area contributed by atoms with Crippen LogP contribution in [-0.2, 0) is 12.4 Å². The molecular weight excluding hydrogens is 439 g/mol. The van der Waals surface area contributed by atoms with Crippen LogP contribution < -0.4 is 0 Å². The van der Waals surface area contributed by atoms with E-state index in [0.29, 0.717) is 23.3 Å². The molecule has 0 aliphatic rings. The third-order valence-electron chi connectivity index (χ3n) is 4.35. The molecule has 0 unspecified atom stereocenters. The summed E-state index contributed by atoms with van der Waals surface area (Å²) in [5.74, 6) is -1.25. The number of alkyl halides is 6. The first-order valence-electron chi connectivity index (χ1n) is 9.32. The van der Waals surface area contributed by atoms with Crippen LogP contribution in [0.15, 0.2) is 60.6 Å². The Morgan fingerprint density at radius 2 is 1.56 bits per heavy atom. The first kappa shape index (κ1) is 25.1. The number of allylic oxidation sites excluding steroid dienone is 1. The van der Waals surface area contributed by atoms with Gasteiger partial charge in [0.1, 0.15) is 0 Å². The summed E-state index contributed by atoms with van der Waals surface area (Å²) >= 11 is 0. The van der Waals surface area contributed by atoms with Crippen molar-refractivity contribution in [2.75, 3.05) is 0 Å². The molecule has 0 spiro atoms. The van der Waals surface area contributed by atoms with Crippen molar-refractivity contribution in [1.29, 1.82) is 0 Å². The van der Waals surface area contributed by atoms with Gasteiger partial charge in [0.15, 0.2) is 0 Å². The molecule has 1 heterocycles. The van der Waals surface area contributed by atoms with Crippen LogP contribution in [0.3, 0.4) is 0 Å². The second kappa shape index (κ2) is 9.54. The van der Waals surface area contributed by atoms with Crippen molar-refractivity contribution < 1.29 is 30.7 Å². The molecule has 2 rings (SSSR count). The van der Waals surface area contributed by atoms with Gasteiger partial charge in [0.25, 0.3) is 0 Å². The van der Waals surface area contributed by atoms with E-state index in [0.717, 1.165) is 5.01 Å². The minimum atomic E-state index is -4.97. The van der Waals surface area contributed by atoms with Crippen molar-refractivity contribution in [1.82, 2.24) is 9.99 Å². The Bertz CT molecular complexity index is 1000. The summed E-state index contributed by atoms with van der Waals surface area (Å²) in [6.45, 7) is 8.37. The fourth-order valence-corrected chi connectivity index (χ4v) is 2.78.